The quantitative estimate of drug-likeness (QED) is 0.760. The largest absolute Gasteiger partial charge is 0.433 e. The van der Waals surface area contributed by atoms with Crippen LogP contribution in [0.15, 0.2) is 22.8 Å². The van der Waals surface area contributed by atoms with Gasteiger partial charge in [0.2, 0.25) is 0 Å². The van der Waals surface area contributed by atoms with Crippen LogP contribution < -0.4 is 0 Å². The summed E-state index contributed by atoms with van der Waals surface area (Å²) in [6.07, 6.45) is -2.79. The summed E-state index contributed by atoms with van der Waals surface area (Å²) in [5, 5.41) is 0.280. The van der Waals surface area contributed by atoms with Crippen LogP contribution in [0.5, 0.6) is 0 Å². The zero-order valence-electron chi connectivity index (χ0n) is 8.12. The molecule has 0 aliphatic carbocycles. The molecule has 0 atom stereocenters. The molecule has 0 radical (unpaired) electrons. The van der Waals surface area contributed by atoms with Crippen molar-refractivity contribution in [3.63, 3.8) is 0 Å². The number of nitrogens with zero attached hydrogens (tertiary/aromatic N) is 2. The normalized spacial score (nSPS) is 11.8. The van der Waals surface area contributed by atoms with Gasteiger partial charge in [-0.05, 0) is 28.1 Å². The highest BCUT2D eigenvalue weighted by Crippen LogP contribution is 2.31. The zero-order valence-corrected chi connectivity index (χ0v) is 9.71. The van der Waals surface area contributed by atoms with Crippen molar-refractivity contribution in [2.45, 2.75) is 6.18 Å². The number of halogens is 4. The molecule has 0 aromatic carbocycles. The van der Waals surface area contributed by atoms with Crippen molar-refractivity contribution in [2.75, 3.05) is 0 Å². The van der Waals surface area contributed by atoms with Crippen molar-refractivity contribution < 1.29 is 18.0 Å². The molecule has 0 bridgehead atoms. The number of aldehydes is 1. The smallest absolute Gasteiger partial charge is 0.296 e. The van der Waals surface area contributed by atoms with Gasteiger partial charge in [0.15, 0.2) is 6.29 Å². The molecule has 3 nitrogen and oxygen atoms in total. The van der Waals surface area contributed by atoms with Gasteiger partial charge in [-0.3, -0.25) is 9.78 Å². The van der Waals surface area contributed by atoms with Gasteiger partial charge in [-0.25, -0.2) is 4.98 Å². The van der Waals surface area contributed by atoms with E-state index in [0.29, 0.717) is 10.8 Å². The molecule has 7 heteroatoms. The van der Waals surface area contributed by atoms with Crippen LogP contribution in [0.2, 0.25) is 0 Å². The fraction of sp³-hybridized carbons (Fsp3) is 0.100. The SMILES string of the molecule is O=Cc1ncc(Br)c2nc(C(F)(F)F)ccc12. The van der Waals surface area contributed by atoms with Crippen LogP contribution in [0.4, 0.5) is 13.2 Å². The molecule has 0 aliphatic heterocycles. The van der Waals surface area contributed by atoms with E-state index in [2.05, 4.69) is 25.9 Å². The molecular formula is C10H4BrF3N2O. The van der Waals surface area contributed by atoms with Gasteiger partial charge in [-0.15, -0.1) is 0 Å². The van der Waals surface area contributed by atoms with Crippen molar-refractivity contribution in [2.24, 2.45) is 0 Å². The Morgan fingerprint density at radius 2 is 2.00 bits per heavy atom. The first-order valence-corrected chi connectivity index (χ1v) is 5.20. The number of hydrogen-bond acceptors (Lipinski definition) is 3. The third-order valence-corrected chi connectivity index (χ3v) is 2.70. The highest BCUT2D eigenvalue weighted by Gasteiger charge is 2.32. The predicted octanol–water partition coefficient (Wildman–Crippen LogP) is 3.22. The Bertz CT molecular complexity index is 598. The monoisotopic (exact) mass is 304 g/mol. The summed E-state index contributed by atoms with van der Waals surface area (Å²) >= 11 is 3.05. The second-order valence-corrected chi connectivity index (χ2v) is 4.05. The molecule has 0 amide bonds. The van der Waals surface area contributed by atoms with Crippen molar-refractivity contribution in [3.05, 3.63) is 34.2 Å². The molecule has 2 aromatic rings. The lowest BCUT2D eigenvalue weighted by Crippen LogP contribution is -2.08. The Balaban J connectivity index is 2.78. The molecule has 0 saturated heterocycles. The molecule has 88 valence electrons. The number of aromatic nitrogens is 2. The molecule has 0 saturated carbocycles. The van der Waals surface area contributed by atoms with Crippen LogP contribution >= 0.6 is 15.9 Å². The summed E-state index contributed by atoms with van der Waals surface area (Å²) in [5.41, 5.74) is -0.880. The maximum absolute atomic E-state index is 12.5. The molecule has 2 aromatic heterocycles. The average Bonchev–Trinajstić information content (AvgIpc) is 2.28. The summed E-state index contributed by atoms with van der Waals surface area (Å²) in [7, 11) is 0. The van der Waals surface area contributed by atoms with Gasteiger partial charge in [0.25, 0.3) is 0 Å². The molecule has 0 spiro atoms. The summed E-state index contributed by atoms with van der Waals surface area (Å²) in [6, 6.07) is 2.01. The standard InChI is InChI=1S/C10H4BrF3N2O/c11-6-3-15-7(4-17)5-1-2-8(10(12,13)14)16-9(5)6/h1-4H. The molecule has 17 heavy (non-hydrogen) atoms. The maximum Gasteiger partial charge on any atom is 0.433 e. The minimum absolute atomic E-state index is 0.0597. The Kier molecular flexibility index (Phi) is 2.86. The molecular weight excluding hydrogens is 301 g/mol. The summed E-state index contributed by atoms with van der Waals surface area (Å²) < 4.78 is 37.7. The van der Waals surface area contributed by atoms with Crippen molar-refractivity contribution in [3.8, 4) is 0 Å². The van der Waals surface area contributed by atoms with Gasteiger partial charge in [0, 0.05) is 11.6 Å². The second-order valence-electron chi connectivity index (χ2n) is 3.20. The Morgan fingerprint density at radius 3 is 2.59 bits per heavy atom. The zero-order chi connectivity index (χ0) is 12.6. The number of pyridine rings is 2. The van der Waals surface area contributed by atoms with Crippen LogP contribution in [0, 0.1) is 0 Å². The molecule has 0 unspecified atom stereocenters. The van der Waals surface area contributed by atoms with Crippen LogP contribution in [0.3, 0.4) is 0 Å². The third-order valence-electron chi connectivity index (χ3n) is 2.12. The van der Waals surface area contributed by atoms with Crippen molar-refractivity contribution in [1.82, 2.24) is 9.97 Å². The van der Waals surface area contributed by atoms with Crippen LogP contribution in [0.25, 0.3) is 10.9 Å². The van der Waals surface area contributed by atoms with Gasteiger partial charge >= 0.3 is 6.18 Å². The fourth-order valence-corrected chi connectivity index (χ4v) is 1.76. The Labute approximate surface area is 102 Å². The first kappa shape index (κ1) is 12.0. The van der Waals surface area contributed by atoms with Gasteiger partial charge in [0.05, 0.1) is 9.99 Å². The lowest BCUT2D eigenvalue weighted by molar-refractivity contribution is -0.140. The summed E-state index contributed by atoms with van der Waals surface area (Å²) in [4.78, 5) is 18.0. The van der Waals surface area contributed by atoms with Crippen LogP contribution in [-0.2, 0) is 6.18 Å². The third kappa shape index (κ3) is 2.14. The van der Waals surface area contributed by atoms with E-state index in [4.69, 9.17) is 0 Å². The summed E-state index contributed by atoms with van der Waals surface area (Å²) in [5.74, 6) is 0. The number of rotatable bonds is 1. The maximum atomic E-state index is 12.5. The van der Waals surface area contributed by atoms with Gasteiger partial charge in [-0.1, -0.05) is 0 Å². The van der Waals surface area contributed by atoms with Gasteiger partial charge in [0.1, 0.15) is 11.4 Å². The van der Waals surface area contributed by atoms with E-state index in [1.54, 1.807) is 0 Å². The lowest BCUT2D eigenvalue weighted by atomic mass is 10.2. The number of hydrogen-bond donors (Lipinski definition) is 0. The van der Waals surface area contributed by atoms with E-state index in [9.17, 15) is 18.0 Å². The molecule has 0 N–H and O–H groups in total. The minimum atomic E-state index is -4.52. The second kappa shape index (κ2) is 4.06. The first-order valence-electron chi connectivity index (χ1n) is 4.41. The fourth-order valence-electron chi connectivity index (χ4n) is 1.36. The molecule has 2 rings (SSSR count). The summed E-state index contributed by atoms with van der Waals surface area (Å²) in [6.45, 7) is 0. The first-order chi connectivity index (χ1) is 7.93. The highest BCUT2D eigenvalue weighted by molar-refractivity contribution is 9.10. The Hall–Kier alpha value is -1.50. The van der Waals surface area contributed by atoms with Gasteiger partial charge < -0.3 is 0 Å². The number of fused-ring (bicyclic) bond motifs is 1. The van der Waals surface area contributed by atoms with Crippen molar-refractivity contribution >= 4 is 33.1 Å². The predicted molar refractivity (Wildman–Crippen MR) is 57.6 cm³/mol. The van der Waals surface area contributed by atoms with E-state index in [1.807, 2.05) is 0 Å². The molecule has 2 heterocycles. The number of carbonyl (C=O) groups is 1. The van der Waals surface area contributed by atoms with E-state index >= 15 is 0 Å². The Morgan fingerprint density at radius 1 is 1.29 bits per heavy atom. The molecule has 0 fully saturated rings. The lowest BCUT2D eigenvalue weighted by Gasteiger charge is -2.08. The average molecular weight is 305 g/mol. The van der Waals surface area contributed by atoms with E-state index in [1.165, 1.54) is 12.3 Å². The van der Waals surface area contributed by atoms with Crippen LogP contribution in [-0.4, -0.2) is 16.3 Å². The topological polar surface area (TPSA) is 42.9 Å². The van der Waals surface area contributed by atoms with Crippen LogP contribution in [0.1, 0.15) is 16.2 Å². The highest BCUT2D eigenvalue weighted by atomic mass is 79.9. The van der Waals surface area contributed by atoms with E-state index in [0.717, 1.165) is 6.07 Å². The number of alkyl halides is 3. The van der Waals surface area contributed by atoms with E-state index in [-0.39, 0.29) is 16.6 Å². The van der Waals surface area contributed by atoms with Crippen molar-refractivity contribution in [1.29, 1.82) is 0 Å². The number of carbonyl (C=O) groups excluding carboxylic acids is 1. The minimum Gasteiger partial charge on any atom is -0.296 e. The van der Waals surface area contributed by atoms with E-state index < -0.39 is 11.9 Å². The molecule has 0 aliphatic rings. The van der Waals surface area contributed by atoms with Gasteiger partial charge in [-0.2, -0.15) is 13.2 Å².